The van der Waals surface area contributed by atoms with E-state index in [-0.39, 0.29) is 48.1 Å². The zero-order valence-corrected chi connectivity index (χ0v) is 16.6. The molecule has 4 aliphatic carbocycles. The van der Waals surface area contributed by atoms with Crippen LogP contribution in [-0.2, 0) is 14.4 Å². The van der Waals surface area contributed by atoms with Gasteiger partial charge in [0.15, 0.2) is 18.2 Å². The van der Waals surface area contributed by atoms with Crippen molar-refractivity contribution >= 4 is 17.9 Å². The quantitative estimate of drug-likeness (QED) is 0.495. The number of aliphatic hydroxyl groups is 3. The van der Waals surface area contributed by atoms with Crippen molar-refractivity contribution in [2.75, 3.05) is 0 Å². The summed E-state index contributed by atoms with van der Waals surface area (Å²) in [7, 11) is 0. The minimum Gasteiger partial charge on any atom is -0.393 e. The summed E-state index contributed by atoms with van der Waals surface area (Å²) < 4.78 is 0. The number of carbonyl (C=O) groups is 3. The fraction of sp³-hybridized carbons (Fsp3) is 0.773. The zero-order chi connectivity index (χ0) is 20.5. The van der Waals surface area contributed by atoms with Gasteiger partial charge in [-0.15, -0.1) is 0 Å². The number of hydrogen-bond donors (Lipinski definition) is 3. The molecule has 154 valence electrons. The van der Waals surface area contributed by atoms with Crippen LogP contribution in [0.5, 0.6) is 0 Å². The van der Waals surface area contributed by atoms with Gasteiger partial charge in [-0.1, -0.05) is 19.4 Å². The first kappa shape index (κ1) is 19.9. The summed E-state index contributed by atoms with van der Waals surface area (Å²) in [4.78, 5) is 35.6. The van der Waals surface area contributed by atoms with Crippen molar-refractivity contribution in [3.8, 4) is 0 Å². The number of fused-ring (bicyclic) bond motifs is 5. The summed E-state index contributed by atoms with van der Waals surface area (Å²) in [6.45, 7) is 3.98. The third kappa shape index (κ3) is 2.40. The molecular weight excluding hydrogens is 360 g/mol. The van der Waals surface area contributed by atoms with Gasteiger partial charge in [0.05, 0.1) is 6.10 Å². The molecule has 3 saturated carbocycles. The van der Waals surface area contributed by atoms with E-state index in [1.165, 1.54) is 0 Å². The number of Topliss-reactive ketones (excluding diaryl/α,β-unsaturated/α-hetero) is 1. The molecule has 6 nitrogen and oxygen atoms in total. The van der Waals surface area contributed by atoms with Gasteiger partial charge in [-0.05, 0) is 67.8 Å². The number of aldehydes is 1. The van der Waals surface area contributed by atoms with Gasteiger partial charge in [0.2, 0.25) is 5.78 Å². The Labute approximate surface area is 165 Å². The van der Waals surface area contributed by atoms with Gasteiger partial charge in [-0.25, -0.2) is 0 Å². The summed E-state index contributed by atoms with van der Waals surface area (Å²) >= 11 is 0. The molecule has 28 heavy (non-hydrogen) atoms. The number of ketones is 2. The highest BCUT2D eigenvalue weighted by molar-refractivity contribution is 6.02. The van der Waals surface area contributed by atoms with Crippen LogP contribution in [0.3, 0.4) is 0 Å². The molecule has 0 saturated heterocycles. The van der Waals surface area contributed by atoms with Crippen molar-refractivity contribution < 1.29 is 29.7 Å². The third-order valence-electron chi connectivity index (χ3n) is 8.85. The van der Waals surface area contributed by atoms with Crippen LogP contribution < -0.4 is 0 Å². The summed E-state index contributed by atoms with van der Waals surface area (Å²) in [6.07, 6.45) is 3.31. The Balaban J connectivity index is 1.72. The first-order valence-corrected chi connectivity index (χ1v) is 10.4. The highest BCUT2D eigenvalue weighted by atomic mass is 16.3. The number of rotatable bonds is 3. The maximum Gasteiger partial charge on any atom is 0.200 e. The fourth-order valence-corrected chi connectivity index (χ4v) is 7.40. The predicted molar refractivity (Wildman–Crippen MR) is 100 cm³/mol. The SMILES string of the molecule is C[C@]12CCC(=O)C=C1CC[C@@H]1[C@@H]2[C@@H](O)C[C@@]2(C)[C@H]1CC[C@]2(O)C(=O)C(O)C=O. The van der Waals surface area contributed by atoms with Crippen LogP contribution in [0.25, 0.3) is 0 Å². The predicted octanol–water partition coefficient (Wildman–Crippen LogP) is 1.35. The second-order valence-electron chi connectivity index (χ2n) is 9.92. The van der Waals surface area contributed by atoms with Crippen LogP contribution in [0, 0.1) is 28.6 Å². The molecule has 4 rings (SSSR count). The molecule has 0 aromatic rings. The number of aliphatic hydroxyl groups excluding tert-OH is 2. The van der Waals surface area contributed by atoms with Gasteiger partial charge in [0, 0.05) is 11.8 Å². The van der Waals surface area contributed by atoms with Gasteiger partial charge in [-0.2, -0.15) is 0 Å². The fourth-order valence-electron chi connectivity index (χ4n) is 7.40. The van der Waals surface area contributed by atoms with Crippen LogP contribution in [-0.4, -0.2) is 51.0 Å². The maximum atomic E-state index is 12.7. The van der Waals surface area contributed by atoms with Crippen LogP contribution >= 0.6 is 0 Å². The summed E-state index contributed by atoms with van der Waals surface area (Å²) in [5.74, 6) is -0.523. The molecule has 3 N–H and O–H groups in total. The first-order chi connectivity index (χ1) is 13.1. The van der Waals surface area contributed by atoms with Crippen molar-refractivity contribution in [1.29, 1.82) is 0 Å². The molecule has 0 radical (unpaired) electrons. The third-order valence-corrected chi connectivity index (χ3v) is 8.85. The lowest BCUT2D eigenvalue weighted by atomic mass is 9.45. The molecule has 0 amide bonds. The van der Waals surface area contributed by atoms with E-state index in [1.54, 1.807) is 6.08 Å². The van der Waals surface area contributed by atoms with Gasteiger partial charge >= 0.3 is 0 Å². The molecule has 0 spiro atoms. The molecule has 8 atom stereocenters. The van der Waals surface area contributed by atoms with E-state index in [0.29, 0.717) is 12.8 Å². The Morgan fingerprint density at radius 3 is 2.64 bits per heavy atom. The van der Waals surface area contributed by atoms with Gasteiger partial charge < -0.3 is 15.3 Å². The normalized spacial score (nSPS) is 48.8. The maximum absolute atomic E-state index is 12.7. The molecule has 3 fully saturated rings. The van der Waals surface area contributed by atoms with E-state index in [1.807, 2.05) is 6.92 Å². The van der Waals surface area contributed by atoms with Crippen molar-refractivity contribution in [2.24, 2.45) is 28.6 Å². The average Bonchev–Trinajstić information content (AvgIpc) is 2.92. The van der Waals surface area contributed by atoms with Crippen molar-refractivity contribution in [1.82, 2.24) is 0 Å². The summed E-state index contributed by atoms with van der Waals surface area (Å²) in [5.41, 5.74) is -1.78. The Hall–Kier alpha value is -1.37. The van der Waals surface area contributed by atoms with Crippen molar-refractivity contribution in [3.63, 3.8) is 0 Å². The molecule has 0 heterocycles. The van der Waals surface area contributed by atoms with Gasteiger partial charge in [0.25, 0.3) is 0 Å². The molecule has 0 bridgehead atoms. The first-order valence-electron chi connectivity index (χ1n) is 10.4. The van der Waals surface area contributed by atoms with E-state index in [4.69, 9.17) is 0 Å². The second kappa shape index (κ2) is 6.31. The lowest BCUT2D eigenvalue weighted by Gasteiger charge is -2.60. The highest BCUT2D eigenvalue weighted by Crippen LogP contribution is 2.67. The smallest absolute Gasteiger partial charge is 0.200 e. The van der Waals surface area contributed by atoms with E-state index in [9.17, 15) is 29.7 Å². The molecule has 0 aromatic carbocycles. The van der Waals surface area contributed by atoms with Crippen LogP contribution in [0.4, 0.5) is 0 Å². The Morgan fingerprint density at radius 2 is 1.96 bits per heavy atom. The van der Waals surface area contributed by atoms with Crippen molar-refractivity contribution in [2.45, 2.75) is 76.6 Å². The highest BCUT2D eigenvalue weighted by Gasteiger charge is 2.68. The number of allylic oxidation sites excluding steroid dienone is 1. The lowest BCUT2D eigenvalue weighted by molar-refractivity contribution is -0.185. The zero-order valence-electron chi connectivity index (χ0n) is 16.6. The van der Waals surface area contributed by atoms with E-state index in [2.05, 4.69) is 6.92 Å². The van der Waals surface area contributed by atoms with Crippen LogP contribution in [0.2, 0.25) is 0 Å². The standard InChI is InChI=1S/C22H30O6/c1-20-7-5-13(24)9-12(20)3-4-14-15-6-8-22(28,19(27)17(26)11-23)21(15,2)10-16(25)18(14)20/h9,11,14-18,25-26,28H,3-8,10H2,1-2H3/t14-,15-,16-,17?,18+,20-,21-,22-/m0/s1. The second-order valence-corrected chi connectivity index (χ2v) is 9.92. The number of carbonyl (C=O) groups excluding carboxylic acids is 3. The summed E-state index contributed by atoms with van der Waals surface area (Å²) in [6, 6.07) is 0. The van der Waals surface area contributed by atoms with Crippen LogP contribution in [0.1, 0.15) is 58.8 Å². The minimum atomic E-state index is -1.83. The minimum absolute atomic E-state index is 0.00729. The lowest BCUT2D eigenvalue weighted by Crippen LogP contribution is -2.63. The van der Waals surface area contributed by atoms with Crippen LogP contribution in [0.15, 0.2) is 11.6 Å². The monoisotopic (exact) mass is 390 g/mol. The van der Waals surface area contributed by atoms with Gasteiger partial charge in [-0.3, -0.25) is 14.4 Å². The van der Waals surface area contributed by atoms with Crippen molar-refractivity contribution in [3.05, 3.63) is 11.6 Å². The van der Waals surface area contributed by atoms with E-state index in [0.717, 1.165) is 24.8 Å². The van der Waals surface area contributed by atoms with E-state index >= 15 is 0 Å². The Morgan fingerprint density at radius 1 is 1.25 bits per heavy atom. The average molecular weight is 390 g/mol. The molecule has 6 heteroatoms. The molecule has 0 aliphatic heterocycles. The summed E-state index contributed by atoms with van der Waals surface area (Å²) in [5, 5.41) is 32.3. The van der Waals surface area contributed by atoms with Gasteiger partial charge in [0.1, 0.15) is 5.60 Å². The Bertz CT molecular complexity index is 758. The molecule has 1 unspecified atom stereocenters. The Kier molecular flexibility index (Phi) is 4.49. The number of hydrogen-bond acceptors (Lipinski definition) is 6. The molecular formula is C22H30O6. The van der Waals surface area contributed by atoms with E-state index < -0.39 is 29.0 Å². The topological polar surface area (TPSA) is 112 Å². The molecule has 4 aliphatic rings. The largest absolute Gasteiger partial charge is 0.393 e. The molecule has 0 aromatic heterocycles.